The first-order valence-electron chi connectivity index (χ1n) is 4.10. The van der Waals surface area contributed by atoms with E-state index in [0.717, 1.165) is 26.2 Å². The largest absolute Gasteiger partial charge is 0.392 e. The molecule has 0 aliphatic carbocycles. The minimum Gasteiger partial charge on any atom is -0.392 e. The zero-order valence-corrected chi connectivity index (χ0v) is 7.16. The summed E-state index contributed by atoms with van der Waals surface area (Å²) in [6.45, 7) is 8.59. The summed E-state index contributed by atoms with van der Waals surface area (Å²) in [6.07, 6.45) is -0.432. The fraction of sp³-hybridized carbons (Fsp3) is 0.875. The van der Waals surface area contributed by atoms with Crippen LogP contribution in [0.4, 0.5) is 0 Å². The van der Waals surface area contributed by atoms with Crippen molar-refractivity contribution in [1.29, 1.82) is 0 Å². The van der Waals surface area contributed by atoms with Crippen LogP contribution in [0, 0.1) is 6.92 Å². The number of hydrogen-bond acceptors (Lipinski definition) is 3. The van der Waals surface area contributed by atoms with Gasteiger partial charge < -0.3 is 10.0 Å². The normalized spacial score (nSPS) is 25.4. The molecule has 1 heterocycles. The van der Waals surface area contributed by atoms with Crippen LogP contribution in [-0.2, 0) is 0 Å². The van der Waals surface area contributed by atoms with E-state index in [2.05, 4.69) is 23.8 Å². The lowest BCUT2D eigenvalue weighted by molar-refractivity contribution is 0.101. The van der Waals surface area contributed by atoms with Gasteiger partial charge in [-0.1, -0.05) is 0 Å². The molecule has 0 amide bonds. The summed E-state index contributed by atoms with van der Waals surface area (Å²) in [5.41, 5.74) is 0. The molecular formula is C8H17N2O. The van der Waals surface area contributed by atoms with Crippen LogP contribution in [0.3, 0.4) is 0 Å². The maximum Gasteiger partial charge on any atom is 0.0668 e. The molecule has 65 valence electrons. The van der Waals surface area contributed by atoms with Gasteiger partial charge >= 0.3 is 0 Å². The van der Waals surface area contributed by atoms with Gasteiger partial charge in [0, 0.05) is 32.7 Å². The Morgan fingerprint density at radius 2 is 1.91 bits per heavy atom. The SMILES string of the molecule is [CH2][C@@H](O)CN1CCN(C)CC1. The second-order valence-corrected chi connectivity index (χ2v) is 3.26. The molecule has 0 spiro atoms. The molecule has 0 aromatic rings. The second-order valence-electron chi connectivity index (χ2n) is 3.26. The minimum absolute atomic E-state index is 0.432. The summed E-state index contributed by atoms with van der Waals surface area (Å²) in [6, 6.07) is 0. The van der Waals surface area contributed by atoms with Crippen LogP contribution in [0.2, 0.25) is 0 Å². The van der Waals surface area contributed by atoms with Crippen molar-refractivity contribution in [2.24, 2.45) is 0 Å². The summed E-state index contributed by atoms with van der Waals surface area (Å²) in [7, 11) is 2.12. The zero-order valence-electron chi connectivity index (χ0n) is 7.16. The van der Waals surface area contributed by atoms with Gasteiger partial charge in [0.05, 0.1) is 6.10 Å². The van der Waals surface area contributed by atoms with Crippen molar-refractivity contribution in [3.63, 3.8) is 0 Å². The molecule has 0 aromatic carbocycles. The Hall–Kier alpha value is -0.120. The first kappa shape index (κ1) is 8.97. The average Bonchev–Trinajstić information content (AvgIpc) is 1.93. The Morgan fingerprint density at radius 3 is 2.36 bits per heavy atom. The summed E-state index contributed by atoms with van der Waals surface area (Å²) in [4.78, 5) is 4.55. The lowest BCUT2D eigenvalue weighted by Gasteiger charge is -2.32. The van der Waals surface area contributed by atoms with Gasteiger partial charge in [-0.15, -0.1) is 0 Å². The van der Waals surface area contributed by atoms with Crippen molar-refractivity contribution in [3.8, 4) is 0 Å². The number of aliphatic hydroxyl groups excluding tert-OH is 1. The average molecular weight is 157 g/mol. The molecular weight excluding hydrogens is 140 g/mol. The van der Waals surface area contributed by atoms with Crippen LogP contribution in [-0.4, -0.2) is 60.8 Å². The van der Waals surface area contributed by atoms with E-state index in [4.69, 9.17) is 5.11 Å². The minimum atomic E-state index is -0.432. The first-order chi connectivity index (χ1) is 5.18. The molecule has 3 nitrogen and oxygen atoms in total. The maximum atomic E-state index is 9.00. The van der Waals surface area contributed by atoms with Crippen molar-refractivity contribution >= 4 is 0 Å². The number of aliphatic hydroxyl groups is 1. The van der Waals surface area contributed by atoms with Gasteiger partial charge in [-0.2, -0.15) is 0 Å². The highest BCUT2D eigenvalue weighted by Crippen LogP contribution is 1.99. The Bertz CT molecular complexity index is 109. The topological polar surface area (TPSA) is 26.7 Å². The fourth-order valence-corrected chi connectivity index (χ4v) is 1.33. The summed E-state index contributed by atoms with van der Waals surface area (Å²) < 4.78 is 0. The fourth-order valence-electron chi connectivity index (χ4n) is 1.33. The number of likely N-dealkylation sites (N-methyl/N-ethyl adjacent to an activating group) is 1. The molecule has 0 aromatic heterocycles. The van der Waals surface area contributed by atoms with Crippen molar-refractivity contribution in [2.45, 2.75) is 6.10 Å². The third-order valence-corrected chi connectivity index (χ3v) is 2.06. The van der Waals surface area contributed by atoms with Gasteiger partial charge in [0.15, 0.2) is 0 Å². The molecule has 1 atom stereocenters. The second kappa shape index (κ2) is 4.04. The molecule has 3 heteroatoms. The molecule has 1 N–H and O–H groups in total. The van der Waals surface area contributed by atoms with E-state index in [0.29, 0.717) is 6.54 Å². The van der Waals surface area contributed by atoms with Crippen molar-refractivity contribution in [1.82, 2.24) is 9.80 Å². The third-order valence-electron chi connectivity index (χ3n) is 2.06. The summed E-state index contributed by atoms with van der Waals surface area (Å²) in [5.74, 6) is 0. The van der Waals surface area contributed by atoms with E-state index < -0.39 is 6.10 Å². The Morgan fingerprint density at radius 1 is 1.36 bits per heavy atom. The molecule has 1 saturated heterocycles. The van der Waals surface area contributed by atoms with Gasteiger partial charge in [-0.25, -0.2) is 0 Å². The zero-order chi connectivity index (χ0) is 8.27. The van der Waals surface area contributed by atoms with Crippen LogP contribution in [0.5, 0.6) is 0 Å². The van der Waals surface area contributed by atoms with Gasteiger partial charge in [-0.05, 0) is 14.0 Å². The number of β-amino-alcohol motifs (C(OH)–C–C–N with tert-alkyl or cyclic N) is 1. The summed E-state index contributed by atoms with van der Waals surface area (Å²) in [5, 5.41) is 9.00. The lowest BCUT2D eigenvalue weighted by Crippen LogP contribution is -2.46. The first-order valence-corrected chi connectivity index (χ1v) is 4.10. The smallest absolute Gasteiger partial charge is 0.0668 e. The Kier molecular flexibility index (Phi) is 3.30. The quantitative estimate of drug-likeness (QED) is 0.581. The highest BCUT2D eigenvalue weighted by atomic mass is 16.3. The molecule has 11 heavy (non-hydrogen) atoms. The molecule has 1 rings (SSSR count). The third kappa shape index (κ3) is 3.18. The number of nitrogens with zero attached hydrogens (tertiary/aromatic N) is 2. The van der Waals surface area contributed by atoms with E-state index in [9.17, 15) is 0 Å². The molecule has 1 aliphatic heterocycles. The van der Waals surface area contributed by atoms with Crippen LogP contribution in [0.25, 0.3) is 0 Å². The Balaban J connectivity index is 2.17. The van der Waals surface area contributed by atoms with Crippen LogP contribution in [0.15, 0.2) is 0 Å². The van der Waals surface area contributed by atoms with E-state index in [1.165, 1.54) is 0 Å². The van der Waals surface area contributed by atoms with E-state index in [1.54, 1.807) is 0 Å². The van der Waals surface area contributed by atoms with Crippen LogP contribution in [0.1, 0.15) is 0 Å². The van der Waals surface area contributed by atoms with Gasteiger partial charge in [0.1, 0.15) is 0 Å². The highest BCUT2D eigenvalue weighted by molar-refractivity contribution is 4.72. The predicted octanol–water partition coefficient (Wildman–Crippen LogP) is -0.571. The van der Waals surface area contributed by atoms with E-state index >= 15 is 0 Å². The van der Waals surface area contributed by atoms with Gasteiger partial charge in [-0.3, -0.25) is 4.90 Å². The molecule has 1 radical (unpaired) electrons. The summed E-state index contributed by atoms with van der Waals surface area (Å²) >= 11 is 0. The number of hydrogen-bond donors (Lipinski definition) is 1. The molecule has 1 fully saturated rings. The van der Waals surface area contributed by atoms with Gasteiger partial charge in [0.2, 0.25) is 0 Å². The lowest BCUT2D eigenvalue weighted by atomic mass is 10.3. The monoisotopic (exact) mass is 157 g/mol. The van der Waals surface area contributed by atoms with Crippen molar-refractivity contribution < 1.29 is 5.11 Å². The molecule has 0 saturated carbocycles. The van der Waals surface area contributed by atoms with Crippen molar-refractivity contribution in [2.75, 3.05) is 39.8 Å². The highest BCUT2D eigenvalue weighted by Gasteiger charge is 2.14. The van der Waals surface area contributed by atoms with Crippen LogP contribution >= 0.6 is 0 Å². The molecule has 0 unspecified atom stereocenters. The predicted molar refractivity (Wildman–Crippen MR) is 45.3 cm³/mol. The van der Waals surface area contributed by atoms with Crippen molar-refractivity contribution in [3.05, 3.63) is 6.92 Å². The van der Waals surface area contributed by atoms with Crippen LogP contribution < -0.4 is 0 Å². The van der Waals surface area contributed by atoms with E-state index in [1.807, 2.05) is 0 Å². The van der Waals surface area contributed by atoms with Gasteiger partial charge in [0.25, 0.3) is 0 Å². The number of piperazine rings is 1. The number of rotatable bonds is 2. The van der Waals surface area contributed by atoms with E-state index in [-0.39, 0.29) is 0 Å². The molecule has 1 aliphatic rings. The standard InChI is InChI=1S/C8H17N2O/c1-8(11)7-10-5-3-9(2)4-6-10/h8,11H,1,3-7H2,2H3/t8-/m1/s1. The maximum absolute atomic E-state index is 9.00. The molecule has 0 bridgehead atoms. The Labute approximate surface area is 68.6 Å².